The third-order valence-corrected chi connectivity index (χ3v) is 3.28. The molecule has 0 amide bonds. The van der Waals surface area contributed by atoms with Crippen molar-refractivity contribution in [3.05, 3.63) is 53.6 Å². The molecule has 0 fully saturated rings. The number of anilines is 2. The molecule has 100 valence electrons. The SMILES string of the molecule is COc1ccc(N(C)Cc2ccc(C)c(N)c2)cc1. The highest BCUT2D eigenvalue weighted by Crippen LogP contribution is 2.21. The number of hydrogen-bond donors (Lipinski definition) is 1. The van der Waals surface area contributed by atoms with Crippen molar-refractivity contribution in [3.63, 3.8) is 0 Å². The molecule has 0 saturated carbocycles. The third-order valence-electron chi connectivity index (χ3n) is 3.28. The molecule has 3 nitrogen and oxygen atoms in total. The van der Waals surface area contributed by atoms with Gasteiger partial charge in [-0.05, 0) is 48.4 Å². The lowest BCUT2D eigenvalue weighted by molar-refractivity contribution is 0.415. The Morgan fingerprint density at radius 2 is 1.79 bits per heavy atom. The molecule has 2 N–H and O–H groups in total. The number of hydrogen-bond acceptors (Lipinski definition) is 3. The maximum atomic E-state index is 5.94. The maximum Gasteiger partial charge on any atom is 0.119 e. The number of methoxy groups -OCH3 is 1. The molecule has 0 heterocycles. The molecule has 2 aromatic carbocycles. The topological polar surface area (TPSA) is 38.5 Å². The van der Waals surface area contributed by atoms with Crippen LogP contribution in [0.2, 0.25) is 0 Å². The minimum Gasteiger partial charge on any atom is -0.497 e. The second kappa shape index (κ2) is 5.65. The molecule has 0 radical (unpaired) electrons. The summed E-state index contributed by atoms with van der Waals surface area (Å²) in [4.78, 5) is 2.18. The first-order chi connectivity index (χ1) is 9.10. The van der Waals surface area contributed by atoms with Gasteiger partial charge in [0.05, 0.1) is 7.11 Å². The summed E-state index contributed by atoms with van der Waals surface area (Å²) in [7, 11) is 3.74. The van der Waals surface area contributed by atoms with Crippen molar-refractivity contribution in [2.24, 2.45) is 0 Å². The summed E-state index contributed by atoms with van der Waals surface area (Å²) < 4.78 is 5.16. The molecule has 0 aliphatic carbocycles. The molecule has 3 heteroatoms. The molecule has 0 aliphatic heterocycles. The molecule has 0 unspecified atom stereocenters. The van der Waals surface area contributed by atoms with Crippen LogP contribution in [0.4, 0.5) is 11.4 Å². The van der Waals surface area contributed by atoms with Crippen LogP contribution in [0.25, 0.3) is 0 Å². The van der Waals surface area contributed by atoms with Crippen molar-refractivity contribution in [1.29, 1.82) is 0 Å². The zero-order valence-electron chi connectivity index (χ0n) is 11.7. The molecule has 0 bridgehead atoms. The van der Waals surface area contributed by atoms with Gasteiger partial charge in [-0.2, -0.15) is 0 Å². The lowest BCUT2D eigenvalue weighted by Crippen LogP contribution is -2.16. The number of benzene rings is 2. The molecular weight excluding hydrogens is 236 g/mol. The van der Waals surface area contributed by atoms with E-state index in [1.807, 2.05) is 25.1 Å². The molecule has 0 atom stereocenters. The minimum atomic E-state index is 0.830. The summed E-state index contributed by atoms with van der Waals surface area (Å²) in [6.45, 7) is 2.85. The number of nitrogens with two attached hydrogens (primary N) is 1. The second-order valence-corrected chi connectivity index (χ2v) is 4.75. The predicted molar refractivity (Wildman–Crippen MR) is 80.7 cm³/mol. The summed E-state index contributed by atoms with van der Waals surface area (Å²) >= 11 is 0. The first-order valence-corrected chi connectivity index (χ1v) is 6.30. The van der Waals surface area contributed by atoms with E-state index in [1.165, 1.54) is 5.56 Å². The first kappa shape index (κ1) is 13.3. The Morgan fingerprint density at radius 1 is 1.11 bits per heavy atom. The fourth-order valence-corrected chi connectivity index (χ4v) is 1.99. The van der Waals surface area contributed by atoms with Crippen LogP contribution in [-0.2, 0) is 6.54 Å². The summed E-state index contributed by atoms with van der Waals surface area (Å²) in [5, 5.41) is 0. The lowest BCUT2D eigenvalue weighted by atomic mass is 10.1. The quantitative estimate of drug-likeness (QED) is 0.854. The largest absolute Gasteiger partial charge is 0.497 e. The summed E-state index contributed by atoms with van der Waals surface area (Å²) in [5.41, 5.74) is 10.3. The number of aryl methyl sites for hydroxylation is 1. The molecule has 0 spiro atoms. The van der Waals surface area contributed by atoms with Crippen LogP contribution in [0, 0.1) is 6.92 Å². The van der Waals surface area contributed by atoms with E-state index >= 15 is 0 Å². The highest BCUT2D eigenvalue weighted by atomic mass is 16.5. The van der Waals surface area contributed by atoms with Crippen LogP contribution < -0.4 is 15.4 Å². The smallest absolute Gasteiger partial charge is 0.119 e. The van der Waals surface area contributed by atoms with Gasteiger partial charge in [0.25, 0.3) is 0 Å². The maximum absolute atomic E-state index is 5.94. The fourth-order valence-electron chi connectivity index (χ4n) is 1.99. The molecular formula is C16H20N2O. The highest BCUT2D eigenvalue weighted by Gasteiger charge is 2.04. The van der Waals surface area contributed by atoms with Gasteiger partial charge in [-0.25, -0.2) is 0 Å². The number of ether oxygens (including phenoxy) is 1. The lowest BCUT2D eigenvalue weighted by Gasteiger charge is -2.20. The van der Waals surface area contributed by atoms with E-state index in [1.54, 1.807) is 7.11 Å². The van der Waals surface area contributed by atoms with E-state index in [9.17, 15) is 0 Å². The van der Waals surface area contributed by atoms with E-state index in [-0.39, 0.29) is 0 Å². The van der Waals surface area contributed by atoms with E-state index in [0.717, 1.165) is 29.2 Å². The van der Waals surface area contributed by atoms with Crippen molar-refractivity contribution >= 4 is 11.4 Å². The van der Waals surface area contributed by atoms with Crippen molar-refractivity contribution in [3.8, 4) is 5.75 Å². The van der Waals surface area contributed by atoms with Gasteiger partial charge in [0, 0.05) is 25.0 Å². The zero-order chi connectivity index (χ0) is 13.8. The molecule has 0 aliphatic rings. The van der Waals surface area contributed by atoms with Gasteiger partial charge in [-0.3, -0.25) is 0 Å². The van der Waals surface area contributed by atoms with Crippen LogP contribution >= 0.6 is 0 Å². The van der Waals surface area contributed by atoms with Crippen molar-refractivity contribution in [1.82, 2.24) is 0 Å². The average Bonchev–Trinajstić information content (AvgIpc) is 2.43. The van der Waals surface area contributed by atoms with Gasteiger partial charge < -0.3 is 15.4 Å². The second-order valence-electron chi connectivity index (χ2n) is 4.75. The number of nitrogens with zero attached hydrogens (tertiary/aromatic N) is 1. The van der Waals surface area contributed by atoms with Gasteiger partial charge in [0.15, 0.2) is 0 Å². The Kier molecular flexibility index (Phi) is 3.95. The van der Waals surface area contributed by atoms with Crippen LogP contribution in [0.1, 0.15) is 11.1 Å². The number of rotatable bonds is 4. The molecule has 0 aromatic heterocycles. The van der Waals surface area contributed by atoms with Crippen molar-refractivity contribution in [2.75, 3.05) is 24.8 Å². The Bertz CT molecular complexity index is 549. The van der Waals surface area contributed by atoms with Crippen LogP contribution in [-0.4, -0.2) is 14.2 Å². The van der Waals surface area contributed by atoms with Gasteiger partial charge in [-0.1, -0.05) is 12.1 Å². The van der Waals surface area contributed by atoms with Gasteiger partial charge in [0.2, 0.25) is 0 Å². The summed E-state index contributed by atoms with van der Waals surface area (Å²) in [5.74, 6) is 0.872. The Balaban J connectivity index is 2.10. The first-order valence-electron chi connectivity index (χ1n) is 6.30. The minimum absolute atomic E-state index is 0.830. The van der Waals surface area contributed by atoms with E-state index in [0.29, 0.717) is 0 Å². The molecule has 2 rings (SSSR count). The number of nitrogen functional groups attached to an aromatic ring is 1. The van der Waals surface area contributed by atoms with Crippen LogP contribution in [0.15, 0.2) is 42.5 Å². The standard InChI is InChI=1S/C16H20N2O/c1-12-4-5-13(10-16(12)17)11-18(2)14-6-8-15(19-3)9-7-14/h4-10H,11,17H2,1-3H3. The van der Waals surface area contributed by atoms with Crippen LogP contribution in [0.5, 0.6) is 5.75 Å². The Morgan fingerprint density at radius 3 is 2.37 bits per heavy atom. The van der Waals surface area contributed by atoms with Gasteiger partial charge in [-0.15, -0.1) is 0 Å². The van der Waals surface area contributed by atoms with Gasteiger partial charge >= 0.3 is 0 Å². The van der Waals surface area contributed by atoms with Crippen LogP contribution in [0.3, 0.4) is 0 Å². The Labute approximate surface area is 114 Å². The monoisotopic (exact) mass is 256 g/mol. The highest BCUT2D eigenvalue weighted by molar-refractivity contribution is 5.52. The molecule has 19 heavy (non-hydrogen) atoms. The Hall–Kier alpha value is -2.16. The van der Waals surface area contributed by atoms with Crippen molar-refractivity contribution < 1.29 is 4.74 Å². The zero-order valence-corrected chi connectivity index (χ0v) is 11.7. The predicted octanol–water partition coefficient (Wildman–Crippen LogP) is 3.22. The summed E-state index contributed by atoms with van der Waals surface area (Å²) in [6.07, 6.45) is 0. The van der Waals surface area contributed by atoms with Gasteiger partial charge in [0.1, 0.15) is 5.75 Å². The van der Waals surface area contributed by atoms with E-state index < -0.39 is 0 Å². The molecule has 2 aromatic rings. The third kappa shape index (κ3) is 3.19. The fraction of sp³-hybridized carbons (Fsp3) is 0.250. The molecule has 0 saturated heterocycles. The van der Waals surface area contributed by atoms with Crippen molar-refractivity contribution in [2.45, 2.75) is 13.5 Å². The average molecular weight is 256 g/mol. The van der Waals surface area contributed by atoms with E-state index in [4.69, 9.17) is 10.5 Å². The normalized spacial score (nSPS) is 10.3. The summed E-state index contributed by atoms with van der Waals surface area (Å²) in [6, 6.07) is 14.3. The van der Waals surface area contributed by atoms with E-state index in [2.05, 4.69) is 36.2 Å².